The lowest BCUT2D eigenvalue weighted by molar-refractivity contribution is -0.130. The van der Waals surface area contributed by atoms with Crippen molar-refractivity contribution in [3.63, 3.8) is 0 Å². The summed E-state index contributed by atoms with van der Waals surface area (Å²) in [5.74, 6) is 3.67. The fourth-order valence-corrected chi connectivity index (χ4v) is 5.16. The Labute approximate surface area is 167 Å². The first-order valence-electron chi connectivity index (χ1n) is 11.0. The van der Waals surface area contributed by atoms with Gasteiger partial charge in [-0.25, -0.2) is 0 Å². The van der Waals surface area contributed by atoms with Crippen LogP contribution in [-0.2, 0) is 11.3 Å². The fourth-order valence-electron chi connectivity index (χ4n) is 5.16. The van der Waals surface area contributed by atoms with Gasteiger partial charge in [-0.1, -0.05) is 25.0 Å². The van der Waals surface area contributed by atoms with Crippen LogP contribution >= 0.6 is 0 Å². The Hall–Kier alpha value is -1.62. The second kappa shape index (κ2) is 9.25. The van der Waals surface area contributed by atoms with Gasteiger partial charge in [0.25, 0.3) is 0 Å². The molecule has 0 aromatic heterocycles. The number of alkyl halides is 1. The van der Waals surface area contributed by atoms with Crippen LogP contribution in [0, 0.1) is 23.7 Å². The first-order valence-corrected chi connectivity index (χ1v) is 11.0. The molecule has 1 saturated heterocycles. The van der Waals surface area contributed by atoms with Crippen LogP contribution in [0.5, 0.6) is 5.75 Å². The summed E-state index contributed by atoms with van der Waals surface area (Å²) in [4.78, 5) is 14.2. The highest BCUT2D eigenvalue weighted by atomic mass is 19.1. The smallest absolute Gasteiger partial charge is 0.225 e. The number of ether oxygens (including phenoxy) is 1. The maximum absolute atomic E-state index is 12.1. The molecule has 4 aliphatic rings. The molecule has 154 valence electrons. The monoisotopic (exact) mass is 388 g/mol. The van der Waals surface area contributed by atoms with Crippen molar-refractivity contribution < 1.29 is 13.9 Å². The maximum atomic E-state index is 12.1. The zero-order chi connectivity index (χ0) is 19.3. The van der Waals surface area contributed by atoms with Gasteiger partial charge in [0.05, 0.1) is 19.2 Å². The summed E-state index contributed by atoms with van der Waals surface area (Å²) in [6.45, 7) is 3.36. The number of rotatable bonds is 9. The molecule has 1 aromatic carbocycles. The molecule has 1 amide bonds. The predicted octanol–water partition coefficient (Wildman–Crippen LogP) is 3.80. The van der Waals surface area contributed by atoms with Crippen molar-refractivity contribution in [3.05, 3.63) is 29.8 Å². The minimum absolute atomic E-state index is 0.0491. The number of benzene rings is 1. The third kappa shape index (κ3) is 4.86. The van der Waals surface area contributed by atoms with Gasteiger partial charge in [-0.05, 0) is 61.1 Å². The lowest BCUT2D eigenvalue weighted by Crippen LogP contribution is -2.53. The van der Waals surface area contributed by atoms with Gasteiger partial charge in [0.15, 0.2) is 0 Å². The van der Waals surface area contributed by atoms with Crippen LogP contribution in [0.2, 0.25) is 0 Å². The molecule has 1 N–H and O–H groups in total. The molecule has 1 aliphatic heterocycles. The standard InChI is InChI=1S/C23H33FN2O2/c24-10-1-11-25-23(27)21-14-26(15-21)13-18-4-8-22(9-5-18)28-16-20-12-17-2-6-19(20)7-3-17/h4-5,8-9,17,19-21H,1-3,6-7,10-16H2,(H,25,27). The second-order valence-corrected chi connectivity index (χ2v) is 8.96. The zero-order valence-electron chi connectivity index (χ0n) is 16.7. The topological polar surface area (TPSA) is 41.6 Å². The van der Waals surface area contributed by atoms with Crippen molar-refractivity contribution in [1.82, 2.24) is 10.2 Å². The van der Waals surface area contributed by atoms with Crippen LogP contribution in [0.3, 0.4) is 0 Å². The molecule has 1 heterocycles. The SMILES string of the molecule is O=C(NCCCF)C1CN(Cc2ccc(OCC3CC4CCC3CC4)cc2)C1. The average molecular weight is 389 g/mol. The molecule has 4 fully saturated rings. The van der Waals surface area contributed by atoms with Crippen LogP contribution in [0.1, 0.15) is 44.1 Å². The largest absolute Gasteiger partial charge is 0.493 e. The molecule has 0 spiro atoms. The Morgan fingerprint density at radius 1 is 1.14 bits per heavy atom. The molecule has 1 aromatic rings. The van der Waals surface area contributed by atoms with Crippen LogP contribution in [0.4, 0.5) is 4.39 Å². The first-order chi connectivity index (χ1) is 13.7. The number of nitrogens with one attached hydrogen (secondary N) is 1. The number of fused-ring (bicyclic) bond motifs is 3. The Bertz CT molecular complexity index is 637. The predicted molar refractivity (Wildman–Crippen MR) is 108 cm³/mol. The highest BCUT2D eigenvalue weighted by molar-refractivity contribution is 5.79. The van der Waals surface area contributed by atoms with Crippen LogP contribution < -0.4 is 10.1 Å². The van der Waals surface area contributed by atoms with E-state index in [2.05, 4.69) is 34.5 Å². The number of carbonyl (C=O) groups excluding carboxylic acids is 1. The van der Waals surface area contributed by atoms with E-state index in [0.717, 1.165) is 49.7 Å². The van der Waals surface area contributed by atoms with E-state index in [4.69, 9.17) is 4.74 Å². The van der Waals surface area contributed by atoms with Gasteiger partial charge < -0.3 is 10.1 Å². The van der Waals surface area contributed by atoms with E-state index >= 15 is 0 Å². The summed E-state index contributed by atoms with van der Waals surface area (Å²) < 4.78 is 18.2. The second-order valence-electron chi connectivity index (χ2n) is 8.96. The van der Waals surface area contributed by atoms with Gasteiger partial charge in [0, 0.05) is 26.2 Å². The van der Waals surface area contributed by atoms with Crippen molar-refractivity contribution in [2.45, 2.75) is 45.1 Å². The van der Waals surface area contributed by atoms with E-state index < -0.39 is 0 Å². The molecular weight excluding hydrogens is 355 g/mol. The molecule has 1 atom stereocenters. The summed E-state index contributed by atoms with van der Waals surface area (Å²) in [6, 6.07) is 8.43. The van der Waals surface area contributed by atoms with E-state index in [-0.39, 0.29) is 18.5 Å². The summed E-state index contributed by atoms with van der Waals surface area (Å²) in [6.07, 6.45) is 7.45. The quantitative estimate of drug-likeness (QED) is 0.654. The lowest BCUT2D eigenvalue weighted by atomic mass is 9.65. The lowest BCUT2D eigenvalue weighted by Gasteiger charge is -2.42. The molecular formula is C23H33FN2O2. The Kier molecular flexibility index (Phi) is 6.50. The van der Waals surface area contributed by atoms with Crippen molar-refractivity contribution >= 4 is 5.91 Å². The normalized spacial score (nSPS) is 27.4. The van der Waals surface area contributed by atoms with Gasteiger partial charge >= 0.3 is 0 Å². The minimum atomic E-state index is -0.376. The van der Waals surface area contributed by atoms with Gasteiger partial charge in [0.2, 0.25) is 5.91 Å². The maximum Gasteiger partial charge on any atom is 0.225 e. The van der Waals surface area contributed by atoms with Crippen molar-refractivity contribution in [2.75, 3.05) is 32.9 Å². The Balaban J connectivity index is 1.16. The number of amides is 1. The molecule has 0 radical (unpaired) electrons. The van der Waals surface area contributed by atoms with E-state index in [1.54, 1.807) is 0 Å². The average Bonchev–Trinajstić information content (AvgIpc) is 2.70. The molecule has 4 nitrogen and oxygen atoms in total. The number of hydrogen-bond acceptors (Lipinski definition) is 3. The zero-order valence-corrected chi connectivity index (χ0v) is 16.7. The number of likely N-dealkylation sites (tertiary alicyclic amines) is 1. The van der Waals surface area contributed by atoms with Crippen molar-refractivity contribution in [3.8, 4) is 5.75 Å². The minimum Gasteiger partial charge on any atom is -0.493 e. The molecule has 5 rings (SSSR count). The highest BCUT2D eigenvalue weighted by Gasteiger charge is 2.35. The van der Waals surface area contributed by atoms with Crippen LogP contribution in [-0.4, -0.2) is 43.7 Å². The third-order valence-electron chi connectivity index (χ3n) is 6.93. The van der Waals surface area contributed by atoms with E-state index in [1.165, 1.54) is 37.7 Å². The molecule has 1 unspecified atom stereocenters. The third-order valence-corrected chi connectivity index (χ3v) is 6.93. The Morgan fingerprint density at radius 2 is 1.89 bits per heavy atom. The molecule has 2 bridgehead atoms. The van der Waals surface area contributed by atoms with Crippen LogP contribution in [0.25, 0.3) is 0 Å². The number of halogens is 1. The summed E-state index contributed by atoms with van der Waals surface area (Å²) >= 11 is 0. The van der Waals surface area contributed by atoms with E-state index in [9.17, 15) is 9.18 Å². The number of hydrogen-bond donors (Lipinski definition) is 1. The fraction of sp³-hybridized carbons (Fsp3) is 0.696. The van der Waals surface area contributed by atoms with Gasteiger partial charge in [-0.2, -0.15) is 0 Å². The highest BCUT2D eigenvalue weighted by Crippen LogP contribution is 2.45. The number of carbonyl (C=O) groups is 1. The molecule has 3 saturated carbocycles. The van der Waals surface area contributed by atoms with E-state index in [1.807, 2.05) is 0 Å². The summed E-state index contributed by atoms with van der Waals surface area (Å²) in [5, 5.41) is 2.81. The molecule has 28 heavy (non-hydrogen) atoms. The first kappa shape index (κ1) is 19.7. The molecule has 5 heteroatoms. The Morgan fingerprint density at radius 3 is 2.54 bits per heavy atom. The van der Waals surface area contributed by atoms with Crippen molar-refractivity contribution in [1.29, 1.82) is 0 Å². The van der Waals surface area contributed by atoms with Gasteiger partial charge in [0.1, 0.15) is 5.75 Å². The van der Waals surface area contributed by atoms with Gasteiger partial charge in [-0.3, -0.25) is 14.1 Å². The summed E-state index contributed by atoms with van der Waals surface area (Å²) in [5.41, 5.74) is 1.25. The van der Waals surface area contributed by atoms with E-state index in [0.29, 0.717) is 13.0 Å². The van der Waals surface area contributed by atoms with Crippen LogP contribution in [0.15, 0.2) is 24.3 Å². The molecule has 3 aliphatic carbocycles. The van der Waals surface area contributed by atoms with Crippen molar-refractivity contribution in [2.24, 2.45) is 23.7 Å². The van der Waals surface area contributed by atoms with Gasteiger partial charge in [-0.15, -0.1) is 0 Å². The summed E-state index contributed by atoms with van der Waals surface area (Å²) in [7, 11) is 0. The number of nitrogens with zero attached hydrogens (tertiary/aromatic N) is 1.